The molecule has 0 atom stereocenters. The average Bonchev–Trinajstić information content (AvgIpc) is 3.46. The Kier molecular flexibility index (Phi) is 3.57. The van der Waals surface area contributed by atoms with Gasteiger partial charge in [-0.25, -0.2) is 0 Å². The highest BCUT2D eigenvalue weighted by Crippen LogP contribution is 2.36. The molecule has 5 N–H and O–H groups in total. The minimum Gasteiger partial charge on any atom is -0.504 e. The van der Waals surface area contributed by atoms with E-state index in [0.29, 0.717) is 11.5 Å². The number of nitrogens with one attached hydrogen (secondary N) is 2. The molecule has 0 bridgehead atoms. The lowest BCUT2D eigenvalue weighted by atomic mass is 10.1. The molecule has 4 rings (SSSR count). The van der Waals surface area contributed by atoms with Crippen LogP contribution in [-0.2, 0) is 0 Å². The maximum absolute atomic E-state index is 12.6. The number of hydrogen-bond acceptors (Lipinski definition) is 6. The summed E-state index contributed by atoms with van der Waals surface area (Å²) in [6.07, 6.45) is 1.98. The van der Waals surface area contributed by atoms with E-state index in [-0.39, 0.29) is 39.7 Å². The van der Waals surface area contributed by atoms with Gasteiger partial charge in [0, 0.05) is 17.2 Å². The largest absolute Gasteiger partial charge is 0.504 e. The second-order valence-electron chi connectivity index (χ2n) is 6.34. The van der Waals surface area contributed by atoms with Crippen LogP contribution in [0.2, 0.25) is 0 Å². The molecule has 1 heterocycles. The van der Waals surface area contributed by atoms with Crippen molar-refractivity contribution < 1.29 is 19.7 Å². The van der Waals surface area contributed by atoms with Gasteiger partial charge in [0.25, 0.3) is 0 Å². The van der Waals surface area contributed by atoms with E-state index in [2.05, 4.69) is 5.32 Å². The maximum atomic E-state index is 12.6. The number of hydrogen-bond donors (Lipinski definition) is 5. The van der Waals surface area contributed by atoms with Crippen LogP contribution in [0.15, 0.2) is 45.6 Å². The molecule has 26 heavy (non-hydrogen) atoms. The van der Waals surface area contributed by atoms with Crippen molar-refractivity contribution in [3.63, 3.8) is 0 Å². The van der Waals surface area contributed by atoms with Crippen molar-refractivity contribution >= 4 is 22.5 Å². The van der Waals surface area contributed by atoms with Crippen LogP contribution in [-0.4, -0.2) is 21.2 Å². The van der Waals surface area contributed by atoms with Gasteiger partial charge in [-0.2, -0.15) is 0 Å². The summed E-state index contributed by atoms with van der Waals surface area (Å²) >= 11 is 0. The molecule has 1 aromatic heterocycles. The Hall–Kier alpha value is -3.48. The number of phenols is 2. The van der Waals surface area contributed by atoms with E-state index in [0.717, 1.165) is 12.8 Å². The Labute approximate surface area is 147 Å². The first-order chi connectivity index (χ1) is 12.4. The fourth-order valence-electron chi connectivity index (χ4n) is 2.75. The van der Waals surface area contributed by atoms with Crippen LogP contribution in [0.4, 0.5) is 5.69 Å². The minimum absolute atomic E-state index is 0.0933. The number of fused-ring (bicyclic) bond motifs is 1. The van der Waals surface area contributed by atoms with Crippen LogP contribution >= 0.6 is 0 Å². The summed E-state index contributed by atoms with van der Waals surface area (Å²) in [5.74, 6) is -0.719. The predicted molar refractivity (Wildman–Crippen MR) is 97.0 cm³/mol. The number of anilines is 1. The summed E-state index contributed by atoms with van der Waals surface area (Å²) < 4.78 is 5.65. The lowest BCUT2D eigenvalue weighted by Gasteiger charge is -2.10. The standard InChI is InChI=1S/C19H16N2O5/c20-19(9-1-2-9)21-11-4-6-15-12(8-11)16(24)17(25)18(26-15)10-3-5-13(22)14(23)7-10/h3-9,22-23,25H,1-2H2,(H2,20,21). The molecule has 7 nitrogen and oxygen atoms in total. The number of rotatable bonds is 3. The van der Waals surface area contributed by atoms with E-state index in [1.165, 1.54) is 24.3 Å². The van der Waals surface area contributed by atoms with E-state index in [1.807, 2.05) is 0 Å². The van der Waals surface area contributed by atoms with Crippen LogP contribution in [0.5, 0.6) is 17.2 Å². The Bertz CT molecular complexity index is 1100. The van der Waals surface area contributed by atoms with Gasteiger partial charge < -0.3 is 25.1 Å². The van der Waals surface area contributed by atoms with Crippen LogP contribution < -0.4 is 10.7 Å². The third-order valence-corrected chi connectivity index (χ3v) is 4.37. The molecular weight excluding hydrogens is 336 g/mol. The van der Waals surface area contributed by atoms with Crippen LogP contribution in [0.3, 0.4) is 0 Å². The van der Waals surface area contributed by atoms with Crippen molar-refractivity contribution in [2.24, 2.45) is 5.92 Å². The van der Waals surface area contributed by atoms with Gasteiger partial charge in [-0.15, -0.1) is 0 Å². The minimum atomic E-state index is -0.615. The van der Waals surface area contributed by atoms with Gasteiger partial charge in [0.2, 0.25) is 11.2 Å². The first-order valence-corrected chi connectivity index (χ1v) is 8.11. The van der Waals surface area contributed by atoms with Crippen molar-refractivity contribution in [1.82, 2.24) is 0 Å². The zero-order chi connectivity index (χ0) is 18.4. The normalized spacial score (nSPS) is 13.7. The van der Waals surface area contributed by atoms with Gasteiger partial charge in [0.1, 0.15) is 11.4 Å². The molecule has 132 valence electrons. The Morgan fingerprint density at radius 1 is 1.08 bits per heavy atom. The fourth-order valence-corrected chi connectivity index (χ4v) is 2.75. The molecule has 3 aromatic rings. The lowest BCUT2D eigenvalue weighted by Crippen LogP contribution is -2.12. The summed E-state index contributed by atoms with van der Waals surface area (Å²) in [5.41, 5.74) is 0.486. The Morgan fingerprint density at radius 3 is 2.54 bits per heavy atom. The maximum Gasteiger partial charge on any atom is 0.235 e. The lowest BCUT2D eigenvalue weighted by molar-refractivity contribution is 0.403. The highest BCUT2D eigenvalue weighted by atomic mass is 16.4. The molecule has 0 spiro atoms. The molecule has 1 fully saturated rings. The molecule has 0 radical (unpaired) electrons. The molecule has 0 amide bonds. The molecule has 1 saturated carbocycles. The van der Waals surface area contributed by atoms with Crippen molar-refractivity contribution in [2.75, 3.05) is 5.32 Å². The van der Waals surface area contributed by atoms with E-state index >= 15 is 0 Å². The van der Waals surface area contributed by atoms with Gasteiger partial charge in [-0.1, -0.05) is 0 Å². The first-order valence-electron chi connectivity index (χ1n) is 8.11. The summed E-state index contributed by atoms with van der Waals surface area (Å²) in [5, 5.41) is 40.4. The van der Waals surface area contributed by atoms with E-state index in [9.17, 15) is 20.1 Å². The quantitative estimate of drug-likeness (QED) is 0.279. The van der Waals surface area contributed by atoms with Crippen LogP contribution in [0.1, 0.15) is 12.8 Å². The van der Waals surface area contributed by atoms with E-state index < -0.39 is 11.2 Å². The third-order valence-electron chi connectivity index (χ3n) is 4.37. The second-order valence-corrected chi connectivity index (χ2v) is 6.34. The number of aromatic hydroxyl groups is 3. The number of phenolic OH excluding ortho intramolecular Hbond substituents is 2. The highest BCUT2D eigenvalue weighted by molar-refractivity contribution is 5.98. The third kappa shape index (κ3) is 2.73. The van der Waals surface area contributed by atoms with Gasteiger partial charge >= 0.3 is 0 Å². The topological polar surface area (TPSA) is 127 Å². The molecule has 2 aromatic carbocycles. The predicted octanol–water partition coefficient (Wildman–Crippen LogP) is 3.38. The number of benzene rings is 2. The van der Waals surface area contributed by atoms with Crippen molar-refractivity contribution in [3.8, 4) is 28.6 Å². The molecule has 0 unspecified atom stereocenters. The summed E-state index contributed by atoms with van der Waals surface area (Å²) in [6.45, 7) is 0. The van der Waals surface area contributed by atoms with E-state index in [1.54, 1.807) is 12.1 Å². The summed E-state index contributed by atoms with van der Waals surface area (Å²) in [6, 6.07) is 8.68. The molecule has 1 aliphatic carbocycles. The molecule has 7 heteroatoms. The average molecular weight is 352 g/mol. The van der Waals surface area contributed by atoms with Gasteiger partial charge in [-0.3, -0.25) is 10.2 Å². The molecule has 1 aliphatic rings. The second kappa shape index (κ2) is 5.80. The zero-order valence-electron chi connectivity index (χ0n) is 13.6. The van der Waals surface area contributed by atoms with Gasteiger partial charge in [-0.05, 0) is 49.2 Å². The Balaban J connectivity index is 1.79. The van der Waals surface area contributed by atoms with E-state index in [4.69, 9.17) is 9.83 Å². The smallest absolute Gasteiger partial charge is 0.235 e. The van der Waals surface area contributed by atoms with Crippen LogP contribution in [0.25, 0.3) is 22.3 Å². The number of amidine groups is 1. The summed E-state index contributed by atoms with van der Waals surface area (Å²) in [7, 11) is 0. The monoisotopic (exact) mass is 352 g/mol. The van der Waals surface area contributed by atoms with Crippen molar-refractivity contribution in [3.05, 3.63) is 46.6 Å². The van der Waals surface area contributed by atoms with Gasteiger partial charge in [0.15, 0.2) is 17.3 Å². The zero-order valence-corrected chi connectivity index (χ0v) is 13.6. The molecule has 0 saturated heterocycles. The first kappa shape index (κ1) is 16.0. The molecule has 0 aliphatic heterocycles. The van der Waals surface area contributed by atoms with Gasteiger partial charge in [0.05, 0.1) is 5.39 Å². The summed E-state index contributed by atoms with van der Waals surface area (Å²) in [4.78, 5) is 12.6. The highest BCUT2D eigenvalue weighted by Gasteiger charge is 2.26. The SMILES string of the molecule is N=C(Nc1ccc2oc(-c3ccc(O)c(O)c3)c(O)c(=O)c2c1)C1CC1. The fraction of sp³-hybridized carbons (Fsp3) is 0.158. The Morgan fingerprint density at radius 2 is 1.85 bits per heavy atom. The van der Waals surface area contributed by atoms with Crippen molar-refractivity contribution in [2.45, 2.75) is 12.8 Å². The van der Waals surface area contributed by atoms with Crippen LogP contribution in [0, 0.1) is 11.3 Å². The van der Waals surface area contributed by atoms with Crippen molar-refractivity contribution in [1.29, 1.82) is 5.41 Å². The molecular formula is C19H16N2O5.